The number of rotatable bonds is 6. The number of sulfonamides is 1. The fourth-order valence-corrected chi connectivity index (χ4v) is 5.44. The molecule has 1 unspecified atom stereocenters. The molecule has 2 aromatic rings. The second-order valence-electron chi connectivity index (χ2n) is 6.54. The van der Waals surface area contributed by atoms with Gasteiger partial charge >= 0.3 is 0 Å². The van der Waals surface area contributed by atoms with Crippen molar-refractivity contribution in [3.05, 3.63) is 34.5 Å². The monoisotopic (exact) mass is 417 g/mol. The average molecular weight is 418 g/mol. The molecule has 0 spiro atoms. The zero-order valence-electron chi connectivity index (χ0n) is 14.3. The summed E-state index contributed by atoms with van der Waals surface area (Å²) in [4.78, 5) is 3.36. The lowest BCUT2D eigenvalue weighted by molar-refractivity contribution is 0.328. The second kappa shape index (κ2) is 8.10. The normalized spacial score (nSPS) is 17.0. The van der Waals surface area contributed by atoms with Crippen LogP contribution in [0.4, 0.5) is 15.2 Å². The molecule has 1 aliphatic carbocycles. The molecule has 5 nitrogen and oxygen atoms in total. The minimum absolute atomic E-state index is 0.142. The molecule has 1 aromatic carbocycles. The molecule has 9 heteroatoms. The summed E-state index contributed by atoms with van der Waals surface area (Å²) in [6.07, 6.45) is 7.41. The van der Waals surface area contributed by atoms with Gasteiger partial charge in [-0.15, -0.1) is 11.3 Å². The van der Waals surface area contributed by atoms with E-state index in [1.165, 1.54) is 25.5 Å². The molecule has 0 aliphatic heterocycles. The van der Waals surface area contributed by atoms with E-state index in [9.17, 15) is 12.8 Å². The molecule has 0 saturated heterocycles. The first-order chi connectivity index (χ1) is 12.4. The summed E-state index contributed by atoms with van der Waals surface area (Å²) < 4.78 is 41.5. The smallest absolute Gasteiger partial charge is 0.266 e. The van der Waals surface area contributed by atoms with Crippen molar-refractivity contribution >= 4 is 43.8 Å². The Morgan fingerprint density at radius 1 is 1.31 bits per heavy atom. The summed E-state index contributed by atoms with van der Waals surface area (Å²) in [5.74, 6) is -0.338. The van der Waals surface area contributed by atoms with Gasteiger partial charge in [0, 0.05) is 17.6 Å². The molecule has 142 valence electrons. The van der Waals surface area contributed by atoms with Crippen molar-refractivity contribution in [1.29, 1.82) is 0 Å². The first-order valence-corrected chi connectivity index (χ1v) is 11.3. The van der Waals surface area contributed by atoms with Crippen LogP contribution in [0.25, 0.3) is 0 Å². The molecule has 0 amide bonds. The molecule has 1 heterocycles. The maximum absolute atomic E-state index is 14.5. The fourth-order valence-electron chi connectivity index (χ4n) is 3.29. The number of thiazole rings is 1. The third kappa shape index (κ3) is 4.47. The summed E-state index contributed by atoms with van der Waals surface area (Å²) in [5, 5.41) is 5.22. The highest BCUT2D eigenvalue weighted by Crippen LogP contribution is 2.33. The SMILES string of the molecule is CC(Nc1cc(F)c(S(=O)(=O)Nc2nccs2)cc1Cl)C1CCCCC1. The van der Waals surface area contributed by atoms with E-state index in [1.54, 1.807) is 5.38 Å². The van der Waals surface area contributed by atoms with Crippen LogP contribution in [0.5, 0.6) is 0 Å². The third-order valence-electron chi connectivity index (χ3n) is 4.71. The quantitative estimate of drug-likeness (QED) is 0.684. The highest BCUT2D eigenvalue weighted by molar-refractivity contribution is 7.93. The maximum Gasteiger partial charge on any atom is 0.266 e. The molecule has 0 radical (unpaired) electrons. The Kier molecular flexibility index (Phi) is 6.04. The average Bonchev–Trinajstić information content (AvgIpc) is 3.10. The van der Waals surface area contributed by atoms with Gasteiger partial charge in [-0.25, -0.2) is 17.8 Å². The van der Waals surface area contributed by atoms with Crippen LogP contribution in [-0.4, -0.2) is 19.4 Å². The lowest BCUT2D eigenvalue weighted by Gasteiger charge is -2.29. The molecular weight excluding hydrogens is 397 g/mol. The topological polar surface area (TPSA) is 71.1 Å². The van der Waals surface area contributed by atoms with Crippen molar-refractivity contribution < 1.29 is 12.8 Å². The van der Waals surface area contributed by atoms with Crippen LogP contribution in [0, 0.1) is 11.7 Å². The van der Waals surface area contributed by atoms with Crippen LogP contribution < -0.4 is 10.0 Å². The molecule has 1 aliphatic rings. The van der Waals surface area contributed by atoms with Crippen molar-refractivity contribution in [2.24, 2.45) is 5.92 Å². The highest BCUT2D eigenvalue weighted by atomic mass is 35.5. The first kappa shape index (κ1) is 19.4. The van der Waals surface area contributed by atoms with Crippen LogP contribution in [-0.2, 0) is 10.0 Å². The van der Waals surface area contributed by atoms with E-state index in [2.05, 4.69) is 21.9 Å². The summed E-state index contributed by atoms with van der Waals surface area (Å²) in [6.45, 7) is 2.05. The van der Waals surface area contributed by atoms with E-state index >= 15 is 0 Å². The first-order valence-electron chi connectivity index (χ1n) is 8.55. The molecule has 1 fully saturated rings. The van der Waals surface area contributed by atoms with E-state index in [-0.39, 0.29) is 16.2 Å². The van der Waals surface area contributed by atoms with Crippen molar-refractivity contribution in [2.75, 3.05) is 10.0 Å². The number of hydrogen-bond acceptors (Lipinski definition) is 5. The molecule has 3 rings (SSSR count). The number of aromatic nitrogens is 1. The van der Waals surface area contributed by atoms with Crippen LogP contribution in [0.15, 0.2) is 28.6 Å². The number of hydrogen-bond donors (Lipinski definition) is 2. The largest absolute Gasteiger partial charge is 0.381 e. The number of nitrogens with one attached hydrogen (secondary N) is 2. The highest BCUT2D eigenvalue weighted by Gasteiger charge is 2.24. The van der Waals surface area contributed by atoms with E-state index in [4.69, 9.17) is 11.6 Å². The van der Waals surface area contributed by atoms with Gasteiger partial charge < -0.3 is 5.32 Å². The Bertz CT molecular complexity index is 853. The maximum atomic E-state index is 14.5. The molecule has 0 bridgehead atoms. The van der Waals surface area contributed by atoms with E-state index < -0.39 is 20.7 Å². The Morgan fingerprint density at radius 3 is 2.69 bits per heavy atom. The van der Waals surface area contributed by atoms with Crippen LogP contribution in [0.3, 0.4) is 0 Å². The number of nitrogens with zero attached hydrogens (tertiary/aromatic N) is 1. The van der Waals surface area contributed by atoms with Gasteiger partial charge in [0.25, 0.3) is 10.0 Å². The van der Waals surface area contributed by atoms with E-state index in [0.717, 1.165) is 36.3 Å². The molecule has 2 N–H and O–H groups in total. The van der Waals surface area contributed by atoms with Gasteiger partial charge in [0.05, 0.1) is 10.7 Å². The Balaban J connectivity index is 1.79. The summed E-state index contributed by atoms with van der Waals surface area (Å²) in [7, 11) is -4.09. The number of benzene rings is 1. The molecule has 1 saturated carbocycles. The van der Waals surface area contributed by atoms with Gasteiger partial charge in [-0.3, -0.25) is 4.72 Å². The lowest BCUT2D eigenvalue weighted by Crippen LogP contribution is -2.28. The second-order valence-corrected chi connectivity index (χ2v) is 9.49. The van der Waals surface area contributed by atoms with Gasteiger partial charge in [-0.1, -0.05) is 30.9 Å². The van der Waals surface area contributed by atoms with Crippen molar-refractivity contribution in [3.63, 3.8) is 0 Å². The molecule has 26 heavy (non-hydrogen) atoms. The van der Waals surface area contributed by atoms with Gasteiger partial charge in [-0.2, -0.15) is 0 Å². The van der Waals surface area contributed by atoms with Crippen molar-refractivity contribution in [3.8, 4) is 0 Å². The summed E-state index contributed by atoms with van der Waals surface area (Å²) >= 11 is 7.35. The minimum Gasteiger partial charge on any atom is -0.381 e. The zero-order valence-corrected chi connectivity index (χ0v) is 16.7. The Labute approximate surface area is 162 Å². The summed E-state index contributed by atoms with van der Waals surface area (Å²) in [6, 6.07) is 2.43. The fraction of sp³-hybridized carbons (Fsp3) is 0.471. The van der Waals surface area contributed by atoms with Gasteiger partial charge in [0.15, 0.2) is 5.13 Å². The Morgan fingerprint density at radius 2 is 2.04 bits per heavy atom. The third-order valence-corrected chi connectivity index (χ3v) is 7.19. The predicted molar refractivity (Wildman–Crippen MR) is 104 cm³/mol. The van der Waals surface area contributed by atoms with Gasteiger partial charge in [0.1, 0.15) is 10.7 Å². The predicted octanol–water partition coefficient (Wildman–Crippen LogP) is 5.12. The molecule has 1 atom stereocenters. The van der Waals surface area contributed by atoms with Crippen LogP contribution in [0.1, 0.15) is 39.0 Å². The van der Waals surface area contributed by atoms with E-state index in [1.807, 2.05) is 0 Å². The number of halogens is 2. The van der Waals surface area contributed by atoms with Crippen LogP contribution >= 0.6 is 22.9 Å². The standard InChI is InChI=1S/C17H21ClFN3O2S2/c1-11(12-5-3-2-4-6-12)21-15-10-14(19)16(9-13(15)18)26(23,24)22-17-20-7-8-25-17/h7-12,21H,2-6H2,1H3,(H,20,22). The van der Waals surface area contributed by atoms with Crippen molar-refractivity contribution in [2.45, 2.75) is 50.0 Å². The van der Waals surface area contributed by atoms with Crippen molar-refractivity contribution in [1.82, 2.24) is 4.98 Å². The van der Waals surface area contributed by atoms with Gasteiger partial charge in [0.2, 0.25) is 0 Å². The summed E-state index contributed by atoms with van der Waals surface area (Å²) in [5.41, 5.74) is 0.412. The van der Waals surface area contributed by atoms with Gasteiger partial charge in [-0.05, 0) is 37.8 Å². The Hall–Kier alpha value is -1.38. The van der Waals surface area contributed by atoms with E-state index in [0.29, 0.717) is 11.6 Å². The lowest BCUT2D eigenvalue weighted by atomic mass is 9.84. The molecule has 1 aromatic heterocycles. The van der Waals surface area contributed by atoms with Crippen LogP contribution in [0.2, 0.25) is 5.02 Å². The molecular formula is C17H21ClFN3O2S2. The minimum atomic E-state index is -4.09. The number of anilines is 2. The zero-order chi connectivity index (χ0) is 18.7.